The Balaban J connectivity index is 1.76. The van der Waals surface area contributed by atoms with E-state index in [0.717, 1.165) is 0 Å². The van der Waals surface area contributed by atoms with E-state index >= 15 is 0 Å². The van der Waals surface area contributed by atoms with Gasteiger partial charge in [-0.15, -0.1) is 0 Å². The molecule has 0 radical (unpaired) electrons. The van der Waals surface area contributed by atoms with Crippen LogP contribution in [0.1, 0.15) is 24.2 Å². The number of nitrogens with zero attached hydrogens (tertiary/aromatic N) is 2. The molecule has 0 bridgehead atoms. The number of anilines is 2. The summed E-state index contributed by atoms with van der Waals surface area (Å²) in [6.07, 6.45) is -0.0919. The van der Waals surface area contributed by atoms with Gasteiger partial charge < -0.3 is 19.5 Å². The average Bonchev–Trinajstić information content (AvgIpc) is 2.78. The van der Waals surface area contributed by atoms with Crippen molar-refractivity contribution in [3.8, 4) is 17.6 Å². The van der Waals surface area contributed by atoms with E-state index in [1.165, 1.54) is 44.6 Å². The summed E-state index contributed by atoms with van der Waals surface area (Å²) in [5, 5.41) is 2.74. The number of aromatic nitrogens is 2. The molecular formula is C22H24N4O6S. The second kappa shape index (κ2) is 10.2. The van der Waals surface area contributed by atoms with Gasteiger partial charge in [0, 0.05) is 11.8 Å². The zero-order chi connectivity index (χ0) is 24.0. The third-order valence-corrected chi connectivity index (χ3v) is 5.60. The number of benzene rings is 2. The van der Waals surface area contributed by atoms with Crippen LogP contribution in [0.4, 0.5) is 11.5 Å². The van der Waals surface area contributed by atoms with Crippen LogP contribution in [0.15, 0.2) is 59.5 Å². The molecule has 0 spiro atoms. The minimum atomic E-state index is -3.96. The molecule has 1 aromatic heterocycles. The monoisotopic (exact) mass is 472 g/mol. The third-order valence-electron chi connectivity index (χ3n) is 4.23. The van der Waals surface area contributed by atoms with E-state index in [1.54, 1.807) is 24.3 Å². The maximum atomic E-state index is 12.7. The van der Waals surface area contributed by atoms with Crippen molar-refractivity contribution in [1.82, 2.24) is 9.97 Å². The number of carbonyl (C=O) groups is 1. The number of nitrogens with one attached hydrogen (secondary N) is 2. The lowest BCUT2D eigenvalue weighted by Crippen LogP contribution is -2.16. The number of hydrogen-bond donors (Lipinski definition) is 2. The minimum Gasteiger partial charge on any atom is -0.490 e. The molecule has 174 valence electrons. The molecule has 3 rings (SSSR count). The van der Waals surface area contributed by atoms with Crippen LogP contribution in [0.25, 0.3) is 0 Å². The molecule has 0 aliphatic heterocycles. The van der Waals surface area contributed by atoms with Crippen molar-refractivity contribution in [1.29, 1.82) is 0 Å². The van der Waals surface area contributed by atoms with E-state index in [4.69, 9.17) is 14.2 Å². The Morgan fingerprint density at radius 1 is 0.970 bits per heavy atom. The van der Waals surface area contributed by atoms with Gasteiger partial charge in [0.15, 0.2) is 5.82 Å². The summed E-state index contributed by atoms with van der Waals surface area (Å²) in [6.45, 7) is 3.74. The fourth-order valence-electron chi connectivity index (χ4n) is 2.78. The van der Waals surface area contributed by atoms with Gasteiger partial charge in [-0.2, -0.15) is 9.97 Å². The largest absolute Gasteiger partial charge is 0.490 e. The summed E-state index contributed by atoms with van der Waals surface area (Å²) in [4.78, 5) is 20.6. The number of rotatable bonds is 9. The molecular weight excluding hydrogens is 448 g/mol. The predicted molar refractivity (Wildman–Crippen MR) is 123 cm³/mol. The lowest BCUT2D eigenvalue weighted by atomic mass is 10.1. The number of para-hydroxylation sites is 1. The van der Waals surface area contributed by atoms with Gasteiger partial charge in [0.2, 0.25) is 5.88 Å². The van der Waals surface area contributed by atoms with Crippen LogP contribution in [-0.4, -0.2) is 44.6 Å². The Morgan fingerprint density at radius 3 is 2.30 bits per heavy atom. The Morgan fingerprint density at radius 2 is 1.67 bits per heavy atom. The van der Waals surface area contributed by atoms with Crippen molar-refractivity contribution in [3.63, 3.8) is 0 Å². The van der Waals surface area contributed by atoms with Gasteiger partial charge in [-0.05, 0) is 50.2 Å². The van der Waals surface area contributed by atoms with Crippen molar-refractivity contribution in [2.45, 2.75) is 24.8 Å². The molecule has 2 N–H and O–H groups in total. The summed E-state index contributed by atoms with van der Waals surface area (Å²) < 4.78 is 43.5. The molecule has 11 heteroatoms. The summed E-state index contributed by atoms with van der Waals surface area (Å²) in [6, 6.07) is 13.9. The lowest BCUT2D eigenvalue weighted by molar-refractivity contribution is 0.102. The average molecular weight is 473 g/mol. The molecule has 1 heterocycles. The second-order valence-corrected chi connectivity index (χ2v) is 8.71. The number of hydrogen-bond acceptors (Lipinski definition) is 8. The van der Waals surface area contributed by atoms with Crippen LogP contribution < -0.4 is 24.2 Å². The van der Waals surface area contributed by atoms with Crippen LogP contribution in [-0.2, 0) is 10.0 Å². The molecule has 0 aliphatic carbocycles. The summed E-state index contributed by atoms with van der Waals surface area (Å²) in [5.74, 6) is 0.210. The third kappa shape index (κ3) is 6.10. The highest BCUT2D eigenvalue weighted by Crippen LogP contribution is 2.23. The number of methoxy groups -OCH3 is 2. The van der Waals surface area contributed by atoms with E-state index in [1.807, 2.05) is 13.8 Å². The highest BCUT2D eigenvalue weighted by atomic mass is 32.2. The molecule has 0 saturated carbocycles. The molecule has 2 aromatic carbocycles. The Hall–Kier alpha value is -3.86. The van der Waals surface area contributed by atoms with Crippen LogP contribution in [0.2, 0.25) is 0 Å². The maximum Gasteiger partial charge on any atom is 0.321 e. The van der Waals surface area contributed by atoms with Gasteiger partial charge in [0.05, 0.1) is 30.8 Å². The molecule has 33 heavy (non-hydrogen) atoms. The lowest BCUT2D eigenvalue weighted by Gasteiger charge is -2.14. The SMILES string of the molecule is COc1cc(NS(=O)(=O)c2ccc(NC(=O)c3ccccc3OC(C)C)cc2)nc(OC)n1. The van der Waals surface area contributed by atoms with E-state index in [2.05, 4.69) is 20.0 Å². The van der Waals surface area contributed by atoms with Crippen molar-refractivity contribution in [3.05, 3.63) is 60.2 Å². The van der Waals surface area contributed by atoms with Crippen LogP contribution in [0.3, 0.4) is 0 Å². The number of sulfonamides is 1. The fourth-order valence-corrected chi connectivity index (χ4v) is 3.77. The normalized spacial score (nSPS) is 11.1. The summed E-state index contributed by atoms with van der Waals surface area (Å²) >= 11 is 0. The first kappa shape index (κ1) is 23.8. The Bertz CT molecular complexity index is 1210. The number of ether oxygens (including phenoxy) is 3. The molecule has 1 amide bonds. The Kier molecular flexibility index (Phi) is 7.34. The van der Waals surface area contributed by atoms with Gasteiger partial charge in [-0.3, -0.25) is 9.52 Å². The molecule has 0 unspecified atom stereocenters. The fraction of sp³-hybridized carbons (Fsp3) is 0.227. The van der Waals surface area contributed by atoms with Gasteiger partial charge in [-0.25, -0.2) is 8.42 Å². The van der Waals surface area contributed by atoms with Crippen molar-refractivity contribution >= 4 is 27.4 Å². The minimum absolute atomic E-state index is 0.0159. The smallest absolute Gasteiger partial charge is 0.321 e. The van der Waals surface area contributed by atoms with Gasteiger partial charge in [0.25, 0.3) is 15.9 Å². The summed E-state index contributed by atoms with van der Waals surface area (Å²) in [5.41, 5.74) is 0.792. The first-order valence-corrected chi connectivity index (χ1v) is 11.4. The van der Waals surface area contributed by atoms with Gasteiger partial charge in [0.1, 0.15) is 5.75 Å². The van der Waals surface area contributed by atoms with E-state index in [0.29, 0.717) is 17.0 Å². The molecule has 0 aliphatic rings. The van der Waals surface area contributed by atoms with Crippen LogP contribution >= 0.6 is 0 Å². The van der Waals surface area contributed by atoms with Gasteiger partial charge in [-0.1, -0.05) is 12.1 Å². The first-order valence-electron chi connectivity index (χ1n) is 9.89. The Labute approximate surface area is 192 Å². The quantitative estimate of drug-likeness (QED) is 0.485. The highest BCUT2D eigenvalue weighted by molar-refractivity contribution is 7.92. The number of carbonyl (C=O) groups excluding carboxylic acids is 1. The number of amides is 1. The van der Waals surface area contributed by atoms with Crippen molar-refractivity contribution in [2.75, 3.05) is 24.3 Å². The molecule has 3 aromatic rings. The highest BCUT2D eigenvalue weighted by Gasteiger charge is 2.18. The van der Waals surface area contributed by atoms with E-state index in [9.17, 15) is 13.2 Å². The van der Waals surface area contributed by atoms with Crippen LogP contribution in [0, 0.1) is 0 Å². The van der Waals surface area contributed by atoms with E-state index in [-0.39, 0.29) is 34.6 Å². The first-order chi connectivity index (χ1) is 15.7. The zero-order valence-corrected chi connectivity index (χ0v) is 19.3. The van der Waals surface area contributed by atoms with Crippen molar-refractivity contribution < 1.29 is 27.4 Å². The topological polar surface area (TPSA) is 129 Å². The predicted octanol–water partition coefficient (Wildman–Crippen LogP) is 3.33. The van der Waals surface area contributed by atoms with Gasteiger partial charge >= 0.3 is 6.01 Å². The van der Waals surface area contributed by atoms with Crippen molar-refractivity contribution in [2.24, 2.45) is 0 Å². The molecule has 0 atom stereocenters. The van der Waals surface area contributed by atoms with E-state index < -0.39 is 10.0 Å². The molecule has 0 fully saturated rings. The van der Waals surface area contributed by atoms with Crippen LogP contribution in [0.5, 0.6) is 17.6 Å². The molecule has 0 saturated heterocycles. The standard InChI is InChI=1S/C22H24N4O6S/c1-14(2)32-18-8-6-5-7-17(18)21(27)23-15-9-11-16(12-10-15)33(28,29)26-19-13-20(30-3)25-22(24-19)31-4/h5-14H,1-4H3,(H,23,27)(H,24,25,26). The summed E-state index contributed by atoms with van der Waals surface area (Å²) in [7, 11) is -1.22. The zero-order valence-electron chi connectivity index (χ0n) is 18.5. The second-order valence-electron chi connectivity index (χ2n) is 7.03. The molecule has 10 nitrogen and oxygen atoms in total. The maximum absolute atomic E-state index is 12.7.